The molecule has 5 N–H and O–H groups in total. The number of amides is 7. The molecule has 99 heavy (non-hydrogen) atoms. The highest BCUT2D eigenvalue weighted by molar-refractivity contribution is 6.01. The highest BCUT2D eigenvalue weighted by atomic mass is 16.7. The van der Waals surface area contributed by atoms with Crippen LogP contribution in [0.5, 0.6) is 0 Å². The number of hydrogen-bond acceptors (Lipinski definition) is 30. The third-order valence-electron chi connectivity index (χ3n) is 13.3. The molecule has 0 radical (unpaired) electrons. The van der Waals surface area contributed by atoms with Crippen molar-refractivity contribution in [3.63, 3.8) is 0 Å². The third kappa shape index (κ3) is 40.4. The molecule has 0 unspecified atom stereocenters. The number of nitrogens with one attached hydrogen (secondary N) is 5. The molecule has 0 bridgehead atoms. The maximum absolute atomic E-state index is 12.9. The molecule has 0 aliphatic carbocycles. The van der Waals surface area contributed by atoms with E-state index in [1.54, 1.807) is 0 Å². The van der Waals surface area contributed by atoms with Gasteiger partial charge in [0, 0.05) is 69.4 Å². The number of nitrogens with zero attached hydrogens (tertiary/aromatic N) is 9. The van der Waals surface area contributed by atoms with E-state index in [4.69, 9.17) is 66.4 Å². The van der Waals surface area contributed by atoms with Crippen molar-refractivity contribution >= 4 is 47.3 Å². The van der Waals surface area contributed by atoms with Gasteiger partial charge in [-0.2, -0.15) is 0 Å². The first-order valence-corrected chi connectivity index (χ1v) is 32.6. The molecule has 1 saturated heterocycles. The molecule has 2 aromatic carbocycles. The normalized spacial score (nSPS) is 12.1. The van der Waals surface area contributed by atoms with Gasteiger partial charge in [-0.05, 0) is 11.1 Å². The van der Waals surface area contributed by atoms with Crippen LogP contribution < -0.4 is 26.6 Å². The smallest absolute Gasteiger partial charge is 0.335 e. The number of carbonyl (C=O) groups is 8. The van der Waals surface area contributed by atoms with Gasteiger partial charge >= 0.3 is 5.97 Å². The van der Waals surface area contributed by atoms with Crippen LogP contribution in [0, 0.1) is 0 Å². The lowest BCUT2D eigenvalue weighted by Gasteiger charge is -2.19. The summed E-state index contributed by atoms with van der Waals surface area (Å²) in [4.78, 5) is 102. The topological polar surface area (TPSA) is 432 Å². The van der Waals surface area contributed by atoms with E-state index in [-0.39, 0.29) is 173 Å². The van der Waals surface area contributed by atoms with Gasteiger partial charge in [-0.25, -0.2) is 4.79 Å². The minimum atomic E-state index is -0.740. The van der Waals surface area contributed by atoms with Gasteiger partial charge in [-0.1, -0.05) is 48.5 Å². The molecule has 3 heterocycles. The van der Waals surface area contributed by atoms with Crippen molar-refractivity contribution in [1.82, 2.24) is 72.4 Å². The molecule has 7 amide bonds. The predicted octanol–water partition coefficient (Wildman–Crippen LogP) is -1.70. The SMILES string of the molecule is O=C(CCOCC(COCCC(=O)NCCOCCOCCOCCNC(=O)Cc1ccc(-c2nncnn2)cc1)NC(=O)CCOCCOCCOCCOCCOCCC(=O)ON1C(=O)CCC1=O)NCCOCCOCCOCCNC(=O)Cc1ccc(-c2nncnn2)cc1. The van der Waals surface area contributed by atoms with E-state index in [0.29, 0.717) is 122 Å². The second kappa shape index (κ2) is 53.7. The molecular weight excluding hydrogens is 1300 g/mol. The van der Waals surface area contributed by atoms with Crippen molar-refractivity contribution in [3.8, 4) is 22.8 Å². The van der Waals surface area contributed by atoms with Crippen LogP contribution in [0.1, 0.15) is 49.7 Å². The lowest BCUT2D eigenvalue weighted by atomic mass is 10.1. The molecule has 546 valence electrons. The number of aromatic nitrogens is 8. The Morgan fingerprint density at radius 3 is 1.00 bits per heavy atom. The van der Waals surface area contributed by atoms with Gasteiger partial charge in [0.1, 0.15) is 0 Å². The second-order valence-corrected chi connectivity index (χ2v) is 21.1. The number of rotatable bonds is 60. The Morgan fingerprint density at radius 2 is 0.646 bits per heavy atom. The van der Waals surface area contributed by atoms with Crippen molar-refractivity contribution < 1.29 is 105 Å². The summed E-state index contributed by atoms with van der Waals surface area (Å²) in [5.41, 5.74) is 3.16. The van der Waals surface area contributed by atoms with E-state index >= 15 is 0 Å². The first-order valence-electron chi connectivity index (χ1n) is 32.6. The maximum Gasteiger partial charge on any atom is 0.335 e. The largest absolute Gasteiger partial charge is 0.379 e. The summed E-state index contributed by atoms with van der Waals surface area (Å²) in [5, 5.41) is 45.1. The van der Waals surface area contributed by atoms with Crippen LogP contribution in [-0.4, -0.2) is 297 Å². The zero-order valence-corrected chi connectivity index (χ0v) is 55.7. The quantitative estimate of drug-likeness (QED) is 0.0243. The van der Waals surface area contributed by atoms with E-state index in [2.05, 4.69) is 67.4 Å². The average Bonchev–Trinajstić information content (AvgIpc) is 1.88. The van der Waals surface area contributed by atoms with Gasteiger partial charge in [-0.15, -0.1) is 45.9 Å². The lowest BCUT2D eigenvalue weighted by Crippen LogP contribution is -2.42. The first kappa shape index (κ1) is 81.4. The Labute approximate surface area is 573 Å². The van der Waals surface area contributed by atoms with Crippen molar-refractivity contribution in [2.24, 2.45) is 0 Å². The Morgan fingerprint density at radius 1 is 0.354 bits per heavy atom. The van der Waals surface area contributed by atoms with E-state index in [9.17, 15) is 38.4 Å². The fraction of sp³-hybridized carbons (Fsp3) is 0.619. The maximum atomic E-state index is 12.9. The first-order chi connectivity index (χ1) is 48.5. The van der Waals surface area contributed by atoms with Crippen molar-refractivity contribution in [2.75, 3.05) is 198 Å². The average molecular weight is 1400 g/mol. The van der Waals surface area contributed by atoms with Gasteiger partial charge in [0.25, 0.3) is 11.8 Å². The van der Waals surface area contributed by atoms with Crippen LogP contribution in [0.4, 0.5) is 0 Å². The van der Waals surface area contributed by atoms with E-state index in [1.807, 2.05) is 48.5 Å². The van der Waals surface area contributed by atoms with Crippen molar-refractivity contribution in [2.45, 2.75) is 57.4 Å². The van der Waals surface area contributed by atoms with E-state index in [1.165, 1.54) is 12.7 Å². The molecule has 1 fully saturated rings. The number of imide groups is 1. The molecular formula is C63H92N14O22. The fourth-order valence-corrected chi connectivity index (χ4v) is 8.31. The summed E-state index contributed by atoms with van der Waals surface area (Å²) < 4.78 is 72.1. The number of hydrogen-bond donors (Lipinski definition) is 5. The molecule has 1 aliphatic heterocycles. The summed E-state index contributed by atoms with van der Waals surface area (Å²) in [6.07, 6.45) is 2.99. The monoisotopic (exact) mass is 1400 g/mol. The number of benzene rings is 2. The summed E-state index contributed by atoms with van der Waals surface area (Å²) in [7, 11) is 0. The second-order valence-electron chi connectivity index (χ2n) is 21.1. The highest BCUT2D eigenvalue weighted by Crippen LogP contribution is 2.16. The van der Waals surface area contributed by atoms with Gasteiger partial charge in [0.05, 0.1) is 197 Å². The zero-order valence-electron chi connectivity index (χ0n) is 55.7. The molecule has 5 rings (SSSR count). The third-order valence-corrected chi connectivity index (χ3v) is 13.3. The minimum Gasteiger partial charge on any atom is -0.379 e. The Balaban J connectivity index is 0.831. The van der Waals surface area contributed by atoms with Crippen molar-refractivity contribution in [1.29, 1.82) is 0 Å². The summed E-state index contributed by atoms with van der Waals surface area (Å²) >= 11 is 0. The van der Waals surface area contributed by atoms with Crippen LogP contribution in [0.15, 0.2) is 61.2 Å². The van der Waals surface area contributed by atoms with Crippen molar-refractivity contribution in [3.05, 3.63) is 72.3 Å². The van der Waals surface area contributed by atoms with Crippen LogP contribution in [0.2, 0.25) is 0 Å². The van der Waals surface area contributed by atoms with Gasteiger partial charge in [-0.3, -0.25) is 33.6 Å². The molecule has 0 spiro atoms. The van der Waals surface area contributed by atoms with E-state index in [0.717, 1.165) is 22.3 Å². The number of ether oxygens (including phenoxy) is 13. The Kier molecular flexibility index (Phi) is 44.2. The molecule has 0 saturated carbocycles. The zero-order chi connectivity index (χ0) is 70.3. The number of hydroxylamine groups is 2. The predicted molar refractivity (Wildman–Crippen MR) is 344 cm³/mol. The van der Waals surface area contributed by atoms with Crippen LogP contribution in [0.25, 0.3) is 22.8 Å². The van der Waals surface area contributed by atoms with Crippen LogP contribution >= 0.6 is 0 Å². The van der Waals surface area contributed by atoms with Gasteiger partial charge in [0.2, 0.25) is 41.2 Å². The molecule has 1 aliphatic rings. The van der Waals surface area contributed by atoms with Gasteiger partial charge in [0.15, 0.2) is 12.7 Å². The summed E-state index contributed by atoms with van der Waals surface area (Å²) in [6.45, 7) is 7.64. The Hall–Kier alpha value is -8.24. The lowest BCUT2D eigenvalue weighted by molar-refractivity contribution is -0.198. The number of carbonyl (C=O) groups excluding carboxylic acids is 8. The molecule has 36 heteroatoms. The van der Waals surface area contributed by atoms with E-state index < -0.39 is 23.8 Å². The van der Waals surface area contributed by atoms with Crippen LogP contribution in [-0.2, 0) is 118 Å². The highest BCUT2D eigenvalue weighted by Gasteiger charge is 2.32. The fourth-order valence-electron chi connectivity index (χ4n) is 8.31. The standard InChI is InChI=1S/C63H92N14O22/c78-54(64-15-23-88-29-35-94-37-31-90-25-17-66-57(81)43-49-1-5-51(6-2-49)62-73-68-47-69-74-62)11-20-97-45-53(72-56(80)13-19-86-27-33-92-39-41-96-42-40-93-34-28-87-22-14-61(85)99-77-59(83)9-10-60(77)84)46-98-21-12-55(79)65-16-24-89-30-36-95-38-32-91-26-18-67-58(82)44-50-3-7-52(8-4-50)63-75-70-48-71-76-63/h1-8,47-48,53H,9-46H2,(H,64,78)(H,65,79)(H,66,81)(H,67,82)(H,72,80). The molecule has 36 nitrogen and oxygen atoms in total. The Bertz CT molecular complexity index is 2730. The van der Waals surface area contributed by atoms with Gasteiger partial charge < -0.3 is 93.0 Å². The summed E-state index contributed by atoms with van der Waals surface area (Å²) in [6, 6.07) is 13.9. The molecule has 2 aromatic heterocycles. The molecule has 0 atom stereocenters. The molecule has 4 aromatic rings. The summed E-state index contributed by atoms with van der Waals surface area (Å²) in [5.74, 6) is -2.13. The minimum absolute atomic E-state index is 0.0217. The van der Waals surface area contributed by atoms with Crippen LogP contribution in [0.3, 0.4) is 0 Å².